The highest BCUT2D eigenvalue weighted by atomic mass is 35.5. The molecule has 0 radical (unpaired) electrons. The number of allylic oxidation sites excluding steroid dienone is 1. The highest BCUT2D eigenvalue weighted by Gasteiger charge is 2.52. The van der Waals surface area contributed by atoms with Crippen LogP contribution in [0.1, 0.15) is 5.56 Å². The number of nitrogens with zero attached hydrogens (tertiary/aromatic N) is 1. The highest BCUT2D eigenvalue weighted by molar-refractivity contribution is 7.89. The summed E-state index contributed by atoms with van der Waals surface area (Å²) in [5.41, 5.74) is -1.12. The summed E-state index contributed by atoms with van der Waals surface area (Å²) in [6.45, 7) is 0. The number of hydrogen-bond donors (Lipinski definition) is 1. The van der Waals surface area contributed by atoms with Crippen molar-refractivity contribution in [2.24, 2.45) is 5.92 Å². The van der Waals surface area contributed by atoms with Gasteiger partial charge in [-0.05, 0) is 29.8 Å². The minimum atomic E-state index is -4.74. The van der Waals surface area contributed by atoms with Gasteiger partial charge in [-0.3, -0.25) is 19.6 Å². The second kappa shape index (κ2) is 7.43. The van der Waals surface area contributed by atoms with E-state index in [1.54, 1.807) is 4.72 Å². The number of ether oxygens (including phenoxy) is 1. The van der Waals surface area contributed by atoms with E-state index >= 15 is 0 Å². The van der Waals surface area contributed by atoms with E-state index in [0.29, 0.717) is 12.3 Å². The molecule has 1 aromatic carbocycles. The highest BCUT2D eigenvalue weighted by Crippen LogP contribution is 2.39. The molecule has 1 N–H and O–H groups in total. The molecule has 0 bridgehead atoms. The fourth-order valence-corrected chi connectivity index (χ4v) is 3.10. The van der Waals surface area contributed by atoms with Crippen molar-refractivity contribution < 1.29 is 36.0 Å². The standard InChI is InChI=1S/C15H12ClF3N2O6S/c1-28(25,26)20-13(22)11-7-6-9(8-14(11,16)21(23)24)27-12-5-3-2-4-10(12)15(17,18)19/h2-8,11H,1H3,(H,20,22). The average molecular weight is 441 g/mol. The molecule has 1 amide bonds. The molecule has 2 rings (SSSR count). The smallest absolute Gasteiger partial charge is 0.419 e. The van der Waals surface area contributed by atoms with Crippen LogP contribution in [0, 0.1) is 16.0 Å². The average Bonchev–Trinajstić information content (AvgIpc) is 2.52. The molecule has 1 aromatic rings. The molecule has 0 aromatic heterocycles. The number of sulfonamides is 1. The molecule has 8 nitrogen and oxygen atoms in total. The first-order chi connectivity index (χ1) is 12.7. The number of rotatable bonds is 5. The second-order valence-corrected chi connectivity index (χ2v) is 8.06. The molecule has 13 heteroatoms. The van der Waals surface area contributed by atoms with E-state index < -0.39 is 55.0 Å². The zero-order valence-corrected chi connectivity index (χ0v) is 15.5. The van der Waals surface area contributed by atoms with Crippen LogP contribution < -0.4 is 9.46 Å². The van der Waals surface area contributed by atoms with Gasteiger partial charge in [0.05, 0.1) is 17.9 Å². The summed E-state index contributed by atoms with van der Waals surface area (Å²) in [5.74, 6) is -4.10. The van der Waals surface area contributed by atoms with Crippen LogP contribution in [-0.4, -0.2) is 30.5 Å². The zero-order chi connectivity index (χ0) is 21.3. The Morgan fingerprint density at radius 1 is 1.36 bits per heavy atom. The molecule has 0 spiro atoms. The van der Waals surface area contributed by atoms with Crippen molar-refractivity contribution in [3.63, 3.8) is 0 Å². The van der Waals surface area contributed by atoms with Gasteiger partial charge >= 0.3 is 11.2 Å². The van der Waals surface area contributed by atoms with Crippen LogP contribution in [0.15, 0.2) is 48.3 Å². The molecule has 0 fully saturated rings. The SMILES string of the molecule is CS(=O)(=O)NC(=O)C1C=CC(Oc2ccccc2C(F)(F)F)=CC1(Cl)[N+](=O)[O-]. The fourth-order valence-electron chi connectivity index (χ4n) is 2.33. The maximum Gasteiger partial charge on any atom is 0.419 e. The molecular formula is C15H12ClF3N2O6S. The zero-order valence-electron chi connectivity index (χ0n) is 13.9. The Morgan fingerprint density at radius 2 is 1.96 bits per heavy atom. The number of carbonyl (C=O) groups is 1. The monoisotopic (exact) mass is 440 g/mol. The number of alkyl halides is 4. The van der Waals surface area contributed by atoms with Crippen LogP contribution in [0.3, 0.4) is 0 Å². The summed E-state index contributed by atoms with van der Waals surface area (Å²) < 4.78 is 68.2. The van der Waals surface area contributed by atoms with Gasteiger partial charge in [-0.2, -0.15) is 13.2 Å². The van der Waals surface area contributed by atoms with Crippen molar-refractivity contribution in [2.75, 3.05) is 6.26 Å². The van der Waals surface area contributed by atoms with Crippen molar-refractivity contribution in [3.8, 4) is 5.75 Å². The van der Waals surface area contributed by atoms with E-state index in [9.17, 15) is 36.5 Å². The number of benzene rings is 1. The van der Waals surface area contributed by atoms with Crippen LogP contribution in [0.5, 0.6) is 5.75 Å². The quantitative estimate of drug-likeness (QED) is 0.325. The molecule has 0 saturated heterocycles. The number of para-hydroxylation sites is 1. The largest absolute Gasteiger partial charge is 0.457 e. The third kappa shape index (κ3) is 4.81. The minimum Gasteiger partial charge on any atom is -0.457 e. The van der Waals surface area contributed by atoms with E-state index in [1.807, 2.05) is 0 Å². The van der Waals surface area contributed by atoms with Gasteiger partial charge in [0.25, 0.3) is 0 Å². The van der Waals surface area contributed by atoms with E-state index in [2.05, 4.69) is 0 Å². The molecule has 0 saturated carbocycles. The van der Waals surface area contributed by atoms with Gasteiger partial charge in [-0.25, -0.2) is 8.42 Å². The number of nitrogens with one attached hydrogen (secondary N) is 1. The Hall–Kier alpha value is -2.60. The number of hydrogen-bond acceptors (Lipinski definition) is 6. The molecule has 1 aliphatic rings. The van der Waals surface area contributed by atoms with Crippen LogP contribution in [0.25, 0.3) is 0 Å². The molecule has 1 aliphatic carbocycles. The van der Waals surface area contributed by atoms with Crippen LogP contribution in [0.2, 0.25) is 0 Å². The van der Waals surface area contributed by atoms with Crippen molar-refractivity contribution in [1.82, 2.24) is 4.72 Å². The summed E-state index contributed by atoms with van der Waals surface area (Å²) in [5, 5.41) is 11.4. The third-order valence-electron chi connectivity index (χ3n) is 3.50. The van der Waals surface area contributed by atoms with Gasteiger partial charge in [0.15, 0.2) is 0 Å². The lowest BCUT2D eigenvalue weighted by Crippen LogP contribution is -2.48. The number of nitro groups is 1. The van der Waals surface area contributed by atoms with E-state index in [1.165, 1.54) is 6.07 Å². The minimum absolute atomic E-state index is 0.424. The number of halogens is 4. The van der Waals surface area contributed by atoms with Crippen molar-refractivity contribution in [2.45, 2.75) is 11.2 Å². The normalized spacial score (nSPS) is 22.3. The first-order valence-electron chi connectivity index (χ1n) is 7.34. The van der Waals surface area contributed by atoms with Gasteiger partial charge in [0, 0.05) is 4.92 Å². The summed E-state index contributed by atoms with van der Waals surface area (Å²) in [6.07, 6.45) is -1.58. The van der Waals surface area contributed by atoms with E-state index in [4.69, 9.17) is 16.3 Å². The van der Waals surface area contributed by atoms with Gasteiger partial charge in [-0.15, -0.1) is 0 Å². The lowest BCUT2D eigenvalue weighted by molar-refractivity contribution is -0.533. The topological polar surface area (TPSA) is 116 Å². The van der Waals surface area contributed by atoms with Gasteiger partial charge in [0.1, 0.15) is 17.4 Å². The summed E-state index contributed by atoms with van der Waals surface area (Å²) in [7, 11) is -4.02. The van der Waals surface area contributed by atoms with Gasteiger partial charge < -0.3 is 4.74 Å². The Labute approximate surface area is 161 Å². The third-order valence-corrected chi connectivity index (χ3v) is 4.56. The molecule has 0 heterocycles. The van der Waals surface area contributed by atoms with Crippen molar-refractivity contribution in [3.05, 3.63) is 63.9 Å². The molecule has 2 atom stereocenters. The van der Waals surface area contributed by atoms with Crippen LogP contribution in [-0.2, 0) is 21.0 Å². The second-order valence-electron chi connectivity index (χ2n) is 5.70. The van der Waals surface area contributed by atoms with Gasteiger partial charge in [0.2, 0.25) is 15.9 Å². The lowest BCUT2D eigenvalue weighted by Gasteiger charge is -2.25. The van der Waals surface area contributed by atoms with Crippen molar-refractivity contribution in [1.29, 1.82) is 0 Å². The number of carbonyl (C=O) groups excluding carboxylic acids is 1. The Morgan fingerprint density at radius 3 is 2.50 bits per heavy atom. The van der Waals surface area contributed by atoms with E-state index in [0.717, 1.165) is 30.4 Å². The van der Waals surface area contributed by atoms with Gasteiger partial charge in [-0.1, -0.05) is 18.2 Å². The predicted molar refractivity (Wildman–Crippen MR) is 91.3 cm³/mol. The first kappa shape index (κ1) is 21.7. The summed E-state index contributed by atoms with van der Waals surface area (Å²) in [4.78, 5) is 19.7. The maximum absolute atomic E-state index is 13.0. The molecule has 2 unspecified atom stereocenters. The molecule has 0 aliphatic heterocycles. The summed E-state index contributed by atoms with van der Waals surface area (Å²) in [6, 6.07) is 4.16. The summed E-state index contributed by atoms with van der Waals surface area (Å²) >= 11 is 5.91. The number of amides is 1. The first-order valence-corrected chi connectivity index (χ1v) is 9.61. The Bertz CT molecular complexity index is 976. The van der Waals surface area contributed by atoms with E-state index in [-0.39, 0.29) is 0 Å². The Balaban J connectivity index is 2.39. The molecule has 28 heavy (non-hydrogen) atoms. The predicted octanol–water partition coefficient (Wildman–Crippen LogP) is 2.44. The maximum atomic E-state index is 13.0. The van der Waals surface area contributed by atoms with Crippen LogP contribution in [0.4, 0.5) is 13.2 Å². The molecular weight excluding hydrogens is 429 g/mol. The Kier molecular flexibility index (Phi) is 5.76. The lowest BCUT2D eigenvalue weighted by atomic mass is 9.93. The fraction of sp³-hybridized carbons (Fsp3) is 0.267. The van der Waals surface area contributed by atoms with Crippen LogP contribution >= 0.6 is 11.6 Å². The molecule has 152 valence electrons. The van der Waals surface area contributed by atoms with Crippen molar-refractivity contribution >= 4 is 27.5 Å².